The molecule has 34 heavy (non-hydrogen) atoms. The number of nitrogens with zero attached hydrogens (tertiary/aromatic N) is 1. The second-order valence-corrected chi connectivity index (χ2v) is 10.1. The summed E-state index contributed by atoms with van der Waals surface area (Å²) < 4.78 is 44.3. The van der Waals surface area contributed by atoms with Crippen molar-refractivity contribution in [3.05, 3.63) is 60.2 Å². The van der Waals surface area contributed by atoms with E-state index in [9.17, 15) is 13.2 Å². The van der Waals surface area contributed by atoms with Crippen molar-refractivity contribution in [1.82, 2.24) is 4.31 Å². The van der Waals surface area contributed by atoms with Crippen LogP contribution in [0.5, 0.6) is 11.5 Å². The Labute approximate surface area is 199 Å². The first kappa shape index (κ1) is 24.0. The van der Waals surface area contributed by atoms with Crippen molar-refractivity contribution in [2.45, 2.75) is 24.8 Å². The van der Waals surface area contributed by atoms with Gasteiger partial charge in [-0.3, -0.25) is 4.79 Å². The molecule has 1 N–H and O–H groups in total. The molecule has 0 radical (unpaired) electrons. The van der Waals surface area contributed by atoms with E-state index in [4.69, 9.17) is 14.2 Å². The van der Waals surface area contributed by atoms with E-state index >= 15 is 0 Å². The highest BCUT2D eigenvalue weighted by Gasteiger charge is 2.28. The van der Waals surface area contributed by atoms with Gasteiger partial charge in [-0.2, -0.15) is 4.31 Å². The van der Waals surface area contributed by atoms with Gasteiger partial charge >= 0.3 is 0 Å². The van der Waals surface area contributed by atoms with Crippen LogP contribution in [0.15, 0.2) is 59.5 Å². The van der Waals surface area contributed by atoms with Crippen LogP contribution in [0.3, 0.4) is 0 Å². The zero-order valence-corrected chi connectivity index (χ0v) is 20.2. The Morgan fingerprint density at radius 1 is 1.00 bits per heavy atom. The van der Waals surface area contributed by atoms with Crippen LogP contribution < -0.4 is 14.8 Å². The van der Waals surface area contributed by atoms with Crippen molar-refractivity contribution in [2.24, 2.45) is 0 Å². The van der Waals surface area contributed by atoms with Crippen molar-refractivity contribution in [2.75, 3.05) is 38.7 Å². The summed E-state index contributed by atoms with van der Waals surface area (Å²) in [5, 5.41) is 4.66. The Kier molecular flexibility index (Phi) is 7.06. The number of hydrogen-bond donors (Lipinski definition) is 1. The first-order valence-electron chi connectivity index (χ1n) is 11.1. The third kappa shape index (κ3) is 5.01. The number of morpholine rings is 1. The van der Waals surface area contributed by atoms with E-state index in [0.29, 0.717) is 30.3 Å². The van der Waals surface area contributed by atoms with E-state index in [1.54, 1.807) is 18.2 Å². The maximum absolute atomic E-state index is 13.3. The van der Waals surface area contributed by atoms with Crippen LogP contribution >= 0.6 is 0 Å². The maximum Gasteiger partial charge on any atom is 0.259 e. The third-order valence-corrected chi connectivity index (χ3v) is 7.38. The van der Waals surface area contributed by atoms with Gasteiger partial charge in [-0.25, -0.2) is 8.42 Å². The van der Waals surface area contributed by atoms with Crippen molar-refractivity contribution in [3.63, 3.8) is 0 Å². The molecule has 3 aromatic carbocycles. The summed E-state index contributed by atoms with van der Waals surface area (Å²) in [5.41, 5.74) is 0.599. The minimum absolute atomic E-state index is 0.0753. The van der Waals surface area contributed by atoms with E-state index in [0.717, 1.165) is 10.8 Å². The zero-order valence-electron chi connectivity index (χ0n) is 19.4. The van der Waals surface area contributed by atoms with Crippen LogP contribution in [0, 0.1) is 0 Å². The Morgan fingerprint density at radius 2 is 1.68 bits per heavy atom. The lowest BCUT2D eigenvalue weighted by molar-refractivity contribution is 0.0730. The highest BCUT2D eigenvalue weighted by atomic mass is 32.2. The first-order chi connectivity index (χ1) is 16.3. The molecule has 1 fully saturated rings. The highest BCUT2D eigenvalue weighted by Crippen LogP contribution is 2.32. The number of benzene rings is 3. The van der Waals surface area contributed by atoms with Gasteiger partial charge in [0.15, 0.2) is 0 Å². The zero-order chi connectivity index (χ0) is 24.3. The molecular formula is C25H28N2O6S. The summed E-state index contributed by atoms with van der Waals surface area (Å²) in [5.74, 6) is 0.362. The standard InChI is InChI=1S/C25H28N2O6S/c1-17(2)33-23-9-8-20(34(29,30)27-10-12-32-13-11-27)16-22(23)26-25(28)21-14-18-6-4-5-7-19(18)15-24(21)31-3/h4-9,14-17H,10-13H2,1-3H3,(H,26,28). The molecule has 8 nitrogen and oxygen atoms in total. The molecule has 9 heteroatoms. The topological polar surface area (TPSA) is 94.2 Å². The van der Waals surface area contributed by atoms with Crippen molar-refractivity contribution >= 4 is 32.4 Å². The van der Waals surface area contributed by atoms with Crippen LogP contribution in [-0.2, 0) is 14.8 Å². The molecule has 1 saturated heterocycles. The van der Waals surface area contributed by atoms with Crippen LogP contribution in [0.4, 0.5) is 5.69 Å². The minimum Gasteiger partial charge on any atom is -0.496 e. The lowest BCUT2D eigenvalue weighted by Crippen LogP contribution is -2.40. The normalized spacial score (nSPS) is 14.8. The number of ether oxygens (including phenoxy) is 3. The number of anilines is 1. The van der Waals surface area contributed by atoms with Crippen LogP contribution in [-0.4, -0.2) is 58.1 Å². The van der Waals surface area contributed by atoms with E-state index in [2.05, 4.69) is 5.32 Å². The lowest BCUT2D eigenvalue weighted by atomic mass is 10.1. The average Bonchev–Trinajstić information content (AvgIpc) is 2.84. The number of hydrogen-bond acceptors (Lipinski definition) is 6. The molecule has 1 amide bonds. The first-order valence-corrected chi connectivity index (χ1v) is 12.5. The Hall–Kier alpha value is -3.14. The summed E-state index contributed by atoms with van der Waals surface area (Å²) in [6, 6.07) is 15.7. The molecule has 0 aromatic heterocycles. The number of methoxy groups -OCH3 is 1. The average molecular weight is 485 g/mol. The SMILES string of the molecule is COc1cc2ccccc2cc1C(=O)Nc1cc(S(=O)(=O)N2CCOCC2)ccc1OC(C)C. The second-order valence-electron chi connectivity index (χ2n) is 8.19. The summed E-state index contributed by atoms with van der Waals surface area (Å²) >= 11 is 0. The van der Waals surface area contributed by atoms with Gasteiger partial charge in [-0.1, -0.05) is 24.3 Å². The molecule has 3 aromatic rings. The smallest absolute Gasteiger partial charge is 0.259 e. The largest absolute Gasteiger partial charge is 0.496 e. The van der Waals surface area contributed by atoms with Crippen molar-refractivity contribution in [3.8, 4) is 11.5 Å². The van der Waals surface area contributed by atoms with Gasteiger partial charge in [-0.15, -0.1) is 0 Å². The van der Waals surface area contributed by atoms with E-state index in [-0.39, 0.29) is 29.8 Å². The molecule has 0 spiro atoms. The fraction of sp³-hybridized carbons (Fsp3) is 0.320. The van der Waals surface area contributed by atoms with Gasteiger partial charge in [0.2, 0.25) is 10.0 Å². The maximum atomic E-state index is 13.3. The molecule has 180 valence electrons. The van der Waals surface area contributed by atoms with E-state index < -0.39 is 15.9 Å². The van der Waals surface area contributed by atoms with Crippen LogP contribution in [0.2, 0.25) is 0 Å². The number of rotatable bonds is 7. The molecule has 0 unspecified atom stereocenters. The monoisotopic (exact) mass is 484 g/mol. The second kappa shape index (κ2) is 10.0. The molecule has 0 aliphatic carbocycles. The van der Waals surface area contributed by atoms with Gasteiger partial charge in [0, 0.05) is 13.1 Å². The number of carbonyl (C=O) groups excluding carboxylic acids is 1. The molecule has 1 heterocycles. The fourth-order valence-corrected chi connectivity index (χ4v) is 5.25. The summed E-state index contributed by atoms with van der Waals surface area (Å²) in [7, 11) is -2.25. The van der Waals surface area contributed by atoms with E-state index in [1.165, 1.54) is 23.5 Å². The van der Waals surface area contributed by atoms with Gasteiger partial charge in [0.25, 0.3) is 5.91 Å². The number of amides is 1. The summed E-state index contributed by atoms with van der Waals surface area (Å²) in [4.78, 5) is 13.4. The van der Waals surface area contributed by atoms with Crippen LogP contribution in [0.25, 0.3) is 10.8 Å². The molecule has 1 aliphatic heterocycles. The number of fused-ring (bicyclic) bond motifs is 1. The number of sulfonamides is 1. The summed E-state index contributed by atoms with van der Waals surface area (Å²) in [6.07, 6.45) is -0.174. The van der Waals surface area contributed by atoms with Gasteiger partial charge < -0.3 is 19.5 Å². The van der Waals surface area contributed by atoms with Gasteiger partial charge in [-0.05, 0) is 55.0 Å². The molecule has 0 saturated carbocycles. The Morgan fingerprint density at radius 3 is 2.32 bits per heavy atom. The van der Waals surface area contributed by atoms with Gasteiger partial charge in [0.1, 0.15) is 11.5 Å². The lowest BCUT2D eigenvalue weighted by Gasteiger charge is -2.26. The Bertz CT molecular complexity index is 1300. The molecule has 1 aliphatic rings. The molecule has 0 atom stereocenters. The molecule has 0 bridgehead atoms. The predicted molar refractivity (Wildman–Crippen MR) is 130 cm³/mol. The number of carbonyl (C=O) groups is 1. The predicted octanol–water partition coefficient (Wildman–Crippen LogP) is 3.91. The van der Waals surface area contributed by atoms with Gasteiger partial charge in [0.05, 0.1) is 42.6 Å². The third-order valence-electron chi connectivity index (χ3n) is 5.48. The van der Waals surface area contributed by atoms with Crippen molar-refractivity contribution < 1.29 is 27.4 Å². The van der Waals surface area contributed by atoms with Crippen molar-refractivity contribution in [1.29, 1.82) is 0 Å². The van der Waals surface area contributed by atoms with Crippen LogP contribution in [0.1, 0.15) is 24.2 Å². The van der Waals surface area contributed by atoms with E-state index in [1.807, 2.05) is 38.1 Å². The Balaban J connectivity index is 1.71. The molecule has 4 rings (SSSR count). The highest BCUT2D eigenvalue weighted by molar-refractivity contribution is 7.89. The number of nitrogens with one attached hydrogen (secondary N) is 1. The minimum atomic E-state index is -3.75. The fourth-order valence-electron chi connectivity index (χ4n) is 3.82. The summed E-state index contributed by atoms with van der Waals surface area (Å²) in [6.45, 7) is 4.97. The quantitative estimate of drug-likeness (QED) is 0.547. The molecular weight excluding hydrogens is 456 g/mol.